The van der Waals surface area contributed by atoms with E-state index in [9.17, 15) is 9.59 Å². The van der Waals surface area contributed by atoms with Crippen LogP contribution >= 0.6 is 23.4 Å². The molecule has 1 aromatic heterocycles. The third-order valence-electron chi connectivity index (χ3n) is 3.59. The molecule has 3 aromatic rings. The number of thioether (sulfide) groups is 1. The predicted octanol–water partition coefficient (Wildman–Crippen LogP) is 4.01. The number of H-pyrrole nitrogens is 1. The van der Waals surface area contributed by atoms with E-state index in [2.05, 4.69) is 15.3 Å². The molecule has 2 N–H and O–H groups in total. The minimum Gasteiger partial charge on any atom is -0.325 e. The molecule has 1 amide bonds. The number of aromatic amines is 1. The highest BCUT2D eigenvalue weighted by atomic mass is 35.5. The first kappa shape index (κ1) is 17.5. The average Bonchev–Trinajstić information content (AvgIpc) is 2.59. The van der Waals surface area contributed by atoms with Gasteiger partial charge in [0.25, 0.3) is 5.56 Å². The molecule has 0 aliphatic carbocycles. The number of hydrogen-bond acceptors (Lipinski definition) is 4. The molecule has 2 aromatic carbocycles. The van der Waals surface area contributed by atoms with Crippen LogP contribution in [0.5, 0.6) is 0 Å². The number of nitrogens with one attached hydrogen (secondary N) is 2. The highest BCUT2D eigenvalue weighted by molar-refractivity contribution is 8.00. The Labute approximate surface area is 153 Å². The van der Waals surface area contributed by atoms with Gasteiger partial charge < -0.3 is 10.3 Å². The van der Waals surface area contributed by atoms with Gasteiger partial charge in [0.2, 0.25) is 5.91 Å². The number of fused-ring (bicyclic) bond motifs is 1. The van der Waals surface area contributed by atoms with Gasteiger partial charge in [0.1, 0.15) is 5.82 Å². The zero-order valence-electron chi connectivity index (χ0n) is 13.5. The summed E-state index contributed by atoms with van der Waals surface area (Å²) in [7, 11) is 0. The van der Waals surface area contributed by atoms with Crippen LogP contribution in [0, 0.1) is 0 Å². The Kier molecular flexibility index (Phi) is 5.40. The Morgan fingerprint density at radius 3 is 2.88 bits per heavy atom. The van der Waals surface area contributed by atoms with E-state index in [0.717, 1.165) is 0 Å². The molecule has 0 saturated heterocycles. The lowest BCUT2D eigenvalue weighted by molar-refractivity contribution is -0.113. The van der Waals surface area contributed by atoms with Crippen molar-refractivity contribution in [2.24, 2.45) is 0 Å². The minimum absolute atomic E-state index is 0.123. The van der Waals surface area contributed by atoms with E-state index in [0.29, 0.717) is 27.4 Å². The maximum absolute atomic E-state index is 12.1. The van der Waals surface area contributed by atoms with Crippen LogP contribution in [-0.4, -0.2) is 21.6 Å². The molecule has 1 heterocycles. The lowest BCUT2D eigenvalue weighted by Gasteiger charge is -2.11. The van der Waals surface area contributed by atoms with Gasteiger partial charge in [-0.05, 0) is 37.3 Å². The summed E-state index contributed by atoms with van der Waals surface area (Å²) < 4.78 is 0. The van der Waals surface area contributed by atoms with Crippen LogP contribution in [0.2, 0.25) is 5.02 Å². The number of carbonyl (C=O) groups excluding carboxylic acids is 1. The van der Waals surface area contributed by atoms with Gasteiger partial charge in [-0.15, -0.1) is 11.8 Å². The number of anilines is 1. The summed E-state index contributed by atoms with van der Waals surface area (Å²) in [6, 6.07) is 14.2. The van der Waals surface area contributed by atoms with E-state index in [-0.39, 0.29) is 22.5 Å². The second-order valence-corrected chi connectivity index (χ2v) is 7.25. The third kappa shape index (κ3) is 4.41. The van der Waals surface area contributed by atoms with Gasteiger partial charge in [-0.3, -0.25) is 9.59 Å². The van der Waals surface area contributed by atoms with Crippen molar-refractivity contribution in [3.05, 3.63) is 69.7 Å². The molecule has 0 spiro atoms. The molecule has 5 nitrogen and oxygen atoms in total. The Balaban J connectivity index is 1.65. The maximum Gasteiger partial charge on any atom is 0.258 e. The van der Waals surface area contributed by atoms with Crippen molar-refractivity contribution in [2.45, 2.75) is 12.2 Å². The Morgan fingerprint density at radius 1 is 1.28 bits per heavy atom. The van der Waals surface area contributed by atoms with Crippen LogP contribution in [0.25, 0.3) is 10.9 Å². The van der Waals surface area contributed by atoms with E-state index < -0.39 is 0 Å². The van der Waals surface area contributed by atoms with Crippen LogP contribution in [0.1, 0.15) is 18.0 Å². The fourth-order valence-electron chi connectivity index (χ4n) is 2.34. The Morgan fingerprint density at radius 2 is 2.08 bits per heavy atom. The fourth-order valence-corrected chi connectivity index (χ4v) is 3.27. The highest BCUT2D eigenvalue weighted by Gasteiger charge is 2.13. The number of benzene rings is 2. The first-order chi connectivity index (χ1) is 12.0. The zero-order valence-corrected chi connectivity index (χ0v) is 15.0. The number of halogens is 1. The van der Waals surface area contributed by atoms with E-state index in [4.69, 9.17) is 11.6 Å². The Hall–Kier alpha value is -2.31. The van der Waals surface area contributed by atoms with Crippen molar-refractivity contribution < 1.29 is 4.79 Å². The molecular weight excluding hydrogens is 358 g/mol. The second-order valence-electron chi connectivity index (χ2n) is 5.48. The van der Waals surface area contributed by atoms with Crippen LogP contribution in [0.3, 0.4) is 0 Å². The molecule has 1 unspecified atom stereocenters. The topological polar surface area (TPSA) is 74.8 Å². The van der Waals surface area contributed by atoms with Crippen LogP contribution < -0.4 is 10.9 Å². The van der Waals surface area contributed by atoms with Gasteiger partial charge in [0, 0.05) is 10.7 Å². The lowest BCUT2D eigenvalue weighted by atomic mass is 10.2. The summed E-state index contributed by atoms with van der Waals surface area (Å²) in [5.74, 6) is 0.663. The van der Waals surface area contributed by atoms with Crippen molar-refractivity contribution in [3.63, 3.8) is 0 Å². The number of carbonyl (C=O) groups is 1. The highest BCUT2D eigenvalue weighted by Crippen LogP contribution is 2.26. The average molecular weight is 374 g/mol. The maximum atomic E-state index is 12.1. The van der Waals surface area contributed by atoms with E-state index in [1.54, 1.807) is 42.5 Å². The lowest BCUT2D eigenvalue weighted by Crippen LogP contribution is -2.16. The molecule has 0 radical (unpaired) electrons. The first-order valence-corrected chi connectivity index (χ1v) is 9.11. The molecule has 25 heavy (non-hydrogen) atoms. The van der Waals surface area contributed by atoms with Gasteiger partial charge in [0.15, 0.2) is 0 Å². The van der Waals surface area contributed by atoms with Crippen molar-refractivity contribution in [1.29, 1.82) is 0 Å². The molecule has 0 fully saturated rings. The van der Waals surface area contributed by atoms with Crippen LogP contribution in [0.15, 0.2) is 53.3 Å². The summed E-state index contributed by atoms with van der Waals surface area (Å²) in [5, 5.41) is 3.80. The Bertz CT molecular complexity index is 974. The normalized spacial score (nSPS) is 12.1. The fraction of sp³-hybridized carbons (Fsp3) is 0.167. The van der Waals surface area contributed by atoms with Crippen molar-refractivity contribution in [1.82, 2.24) is 9.97 Å². The first-order valence-electron chi connectivity index (χ1n) is 7.69. The SMILES string of the molecule is CC(SCC(=O)Nc1cccc(Cl)c1)c1nc2ccccc2c(=O)[nH]1. The van der Waals surface area contributed by atoms with Gasteiger partial charge in [-0.25, -0.2) is 4.98 Å². The van der Waals surface area contributed by atoms with Crippen molar-refractivity contribution in [2.75, 3.05) is 11.1 Å². The number of para-hydroxylation sites is 1. The van der Waals surface area contributed by atoms with Gasteiger partial charge in [-0.1, -0.05) is 29.8 Å². The number of hydrogen-bond donors (Lipinski definition) is 2. The molecule has 128 valence electrons. The van der Waals surface area contributed by atoms with Crippen LogP contribution in [-0.2, 0) is 4.79 Å². The minimum atomic E-state index is -0.170. The smallest absolute Gasteiger partial charge is 0.258 e. The summed E-state index contributed by atoms with van der Waals surface area (Å²) in [6.45, 7) is 1.91. The quantitative estimate of drug-likeness (QED) is 0.708. The molecule has 0 aliphatic rings. The molecule has 7 heteroatoms. The summed E-state index contributed by atoms with van der Waals surface area (Å²) >= 11 is 7.30. The molecule has 0 saturated carbocycles. The van der Waals surface area contributed by atoms with E-state index >= 15 is 0 Å². The largest absolute Gasteiger partial charge is 0.325 e. The number of rotatable bonds is 5. The standard InChI is InChI=1S/C18H16ClN3O2S/c1-11(17-21-15-8-3-2-7-14(15)18(24)22-17)25-10-16(23)20-13-6-4-5-12(19)9-13/h2-9,11H,10H2,1H3,(H,20,23)(H,21,22,24). The monoisotopic (exact) mass is 373 g/mol. The van der Waals surface area contributed by atoms with E-state index in [1.165, 1.54) is 11.8 Å². The van der Waals surface area contributed by atoms with Gasteiger partial charge >= 0.3 is 0 Å². The molecular formula is C18H16ClN3O2S. The van der Waals surface area contributed by atoms with E-state index in [1.807, 2.05) is 13.0 Å². The summed E-state index contributed by atoms with van der Waals surface area (Å²) in [5.41, 5.74) is 1.14. The number of nitrogens with zero attached hydrogens (tertiary/aromatic N) is 1. The van der Waals surface area contributed by atoms with Crippen LogP contribution in [0.4, 0.5) is 5.69 Å². The third-order valence-corrected chi connectivity index (χ3v) is 4.98. The molecule has 0 bridgehead atoms. The predicted molar refractivity (Wildman–Crippen MR) is 103 cm³/mol. The molecule has 0 aliphatic heterocycles. The molecule has 3 rings (SSSR count). The zero-order chi connectivity index (χ0) is 17.8. The number of amides is 1. The summed E-state index contributed by atoms with van der Waals surface area (Å²) in [4.78, 5) is 31.5. The van der Waals surface area contributed by atoms with Gasteiger partial charge in [-0.2, -0.15) is 0 Å². The summed E-state index contributed by atoms with van der Waals surface area (Å²) in [6.07, 6.45) is 0. The second kappa shape index (κ2) is 7.72. The number of aromatic nitrogens is 2. The van der Waals surface area contributed by atoms with Crippen molar-refractivity contribution >= 4 is 45.9 Å². The van der Waals surface area contributed by atoms with Gasteiger partial charge in [0.05, 0.1) is 21.9 Å². The van der Waals surface area contributed by atoms with Crippen molar-refractivity contribution in [3.8, 4) is 0 Å². The molecule has 1 atom stereocenters.